The molecule has 0 fully saturated rings. The van der Waals surface area contributed by atoms with Gasteiger partial charge in [-0.3, -0.25) is 0 Å². The van der Waals surface area contributed by atoms with E-state index >= 15 is 0 Å². The molecule has 3 rings (SSSR count). The van der Waals surface area contributed by atoms with Gasteiger partial charge in [-0.05, 0) is 23.8 Å². The standard InChI is InChI=1S/C16H14N2O2/c17-9-11-5-7-12(8-6-11)18-10-14(16(19)20)13-3-1-2-4-15(13)18/h1-8,10H,9,17H2,(H,19,20). The average Bonchev–Trinajstić information content (AvgIpc) is 2.87. The quantitative estimate of drug-likeness (QED) is 0.766. The molecule has 0 radical (unpaired) electrons. The normalized spacial score (nSPS) is 10.8. The minimum absolute atomic E-state index is 0.309. The summed E-state index contributed by atoms with van der Waals surface area (Å²) in [6.07, 6.45) is 1.66. The number of carboxylic acid groups (broad SMARTS) is 1. The molecule has 0 saturated heterocycles. The van der Waals surface area contributed by atoms with Gasteiger partial charge in [0.15, 0.2) is 0 Å². The number of rotatable bonds is 3. The van der Waals surface area contributed by atoms with Crippen molar-refractivity contribution in [2.45, 2.75) is 6.54 Å². The largest absolute Gasteiger partial charge is 0.478 e. The number of fused-ring (bicyclic) bond motifs is 1. The van der Waals surface area contributed by atoms with Gasteiger partial charge in [0, 0.05) is 23.8 Å². The van der Waals surface area contributed by atoms with E-state index in [9.17, 15) is 9.90 Å². The fraction of sp³-hybridized carbons (Fsp3) is 0.0625. The first-order valence-electron chi connectivity index (χ1n) is 6.33. The zero-order valence-electron chi connectivity index (χ0n) is 10.8. The van der Waals surface area contributed by atoms with Crippen LogP contribution in [0.15, 0.2) is 54.7 Å². The number of carbonyl (C=O) groups is 1. The average molecular weight is 266 g/mol. The lowest BCUT2D eigenvalue weighted by atomic mass is 10.2. The fourth-order valence-electron chi connectivity index (χ4n) is 2.36. The molecule has 100 valence electrons. The van der Waals surface area contributed by atoms with E-state index < -0.39 is 5.97 Å². The van der Waals surface area contributed by atoms with Gasteiger partial charge in [-0.2, -0.15) is 0 Å². The summed E-state index contributed by atoms with van der Waals surface area (Å²) in [6, 6.07) is 15.3. The molecule has 0 aliphatic heterocycles. The molecule has 0 unspecified atom stereocenters. The van der Waals surface area contributed by atoms with E-state index in [4.69, 9.17) is 5.73 Å². The molecule has 4 nitrogen and oxygen atoms in total. The van der Waals surface area contributed by atoms with Gasteiger partial charge in [-0.25, -0.2) is 4.79 Å². The maximum atomic E-state index is 11.3. The number of nitrogens with two attached hydrogens (primary N) is 1. The van der Waals surface area contributed by atoms with Crippen LogP contribution < -0.4 is 5.73 Å². The lowest BCUT2D eigenvalue weighted by Gasteiger charge is -2.06. The fourth-order valence-corrected chi connectivity index (χ4v) is 2.36. The predicted molar refractivity (Wildman–Crippen MR) is 78.1 cm³/mol. The van der Waals surface area contributed by atoms with Crippen molar-refractivity contribution in [1.29, 1.82) is 0 Å². The Labute approximate surface area is 116 Å². The predicted octanol–water partition coefficient (Wildman–Crippen LogP) is 2.79. The molecule has 0 bridgehead atoms. The van der Waals surface area contributed by atoms with Gasteiger partial charge in [0.05, 0.1) is 11.1 Å². The summed E-state index contributed by atoms with van der Waals surface area (Å²) in [5, 5.41) is 10.0. The second kappa shape index (κ2) is 4.83. The summed E-state index contributed by atoms with van der Waals surface area (Å²) in [5.41, 5.74) is 8.74. The van der Waals surface area contributed by atoms with Gasteiger partial charge >= 0.3 is 5.97 Å². The molecule has 2 aromatic carbocycles. The van der Waals surface area contributed by atoms with Crippen LogP contribution in [-0.2, 0) is 6.54 Å². The van der Waals surface area contributed by atoms with Crippen LogP contribution >= 0.6 is 0 Å². The summed E-state index contributed by atoms with van der Waals surface area (Å²) in [4.78, 5) is 11.3. The second-order valence-corrected chi connectivity index (χ2v) is 4.61. The third-order valence-electron chi connectivity index (χ3n) is 3.39. The van der Waals surface area contributed by atoms with Crippen molar-refractivity contribution in [3.8, 4) is 5.69 Å². The van der Waals surface area contributed by atoms with E-state index in [1.807, 2.05) is 53.1 Å². The summed E-state index contributed by atoms with van der Waals surface area (Å²) >= 11 is 0. The van der Waals surface area contributed by atoms with Gasteiger partial charge in [0.25, 0.3) is 0 Å². The second-order valence-electron chi connectivity index (χ2n) is 4.61. The molecule has 1 heterocycles. The molecule has 3 aromatic rings. The van der Waals surface area contributed by atoms with Gasteiger partial charge in [0.2, 0.25) is 0 Å². The van der Waals surface area contributed by atoms with Crippen LogP contribution in [-0.4, -0.2) is 15.6 Å². The Balaban J connectivity index is 2.22. The van der Waals surface area contributed by atoms with Crippen molar-refractivity contribution in [2.75, 3.05) is 0 Å². The third kappa shape index (κ3) is 1.96. The molecule has 0 atom stereocenters. The molecule has 0 aliphatic rings. The van der Waals surface area contributed by atoms with Crippen molar-refractivity contribution in [3.63, 3.8) is 0 Å². The molecule has 3 N–H and O–H groups in total. The SMILES string of the molecule is NCc1ccc(-n2cc(C(=O)O)c3ccccc32)cc1. The molecular formula is C16H14N2O2. The highest BCUT2D eigenvalue weighted by Gasteiger charge is 2.14. The minimum atomic E-state index is -0.918. The molecule has 1 aromatic heterocycles. The van der Waals surface area contributed by atoms with Crippen molar-refractivity contribution < 1.29 is 9.90 Å². The summed E-state index contributed by atoms with van der Waals surface area (Å²) in [6.45, 7) is 0.493. The lowest BCUT2D eigenvalue weighted by molar-refractivity contribution is 0.0699. The number of nitrogens with zero attached hydrogens (tertiary/aromatic N) is 1. The van der Waals surface area contributed by atoms with E-state index in [0.29, 0.717) is 12.1 Å². The first-order chi connectivity index (χ1) is 9.70. The highest BCUT2D eigenvalue weighted by molar-refractivity contribution is 6.04. The van der Waals surface area contributed by atoms with Gasteiger partial charge in [0.1, 0.15) is 0 Å². The van der Waals surface area contributed by atoms with Crippen molar-refractivity contribution in [2.24, 2.45) is 5.73 Å². The Bertz CT molecular complexity index is 773. The van der Waals surface area contributed by atoms with Crippen LogP contribution in [0.25, 0.3) is 16.6 Å². The maximum absolute atomic E-state index is 11.3. The number of hydrogen-bond donors (Lipinski definition) is 2. The summed E-state index contributed by atoms with van der Waals surface area (Å²) < 4.78 is 1.89. The zero-order valence-corrected chi connectivity index (χ0v) is 10.8. The maximum Gasteiger partial charge on any atom is 0.337 e. The minimum Gasteiger partial charge on any atom is -0.478 e. The molecule has 0 spiro atoms. The number of aromatic carboxylic acids is 1. The number of para-hydroxylation sites is 1. The summed E-state index contributed by atoms with van der Waals surface area (Å²) in [7, 11) is 0. The Hall–Kier alpha value is -2.59. The van der Waals surface area contributed by atoms with E-state index in [0.717, 1.165) is 22.2 Å². The number of hydrogen-bond acceptors (Lipinski definition) is 2. The van der Waals surface area contributed by atoms with E-state index in [1.165, 1.54) is 0 Å². The smallest absolute Gasteiger partial charge is 0.337 e. The van der Waals surface area contributed by atoms with Crippen molar-refractivity contribution >= 4 is 16.9 Å². The van der Waals surface area contributed by atoms with Crippen LogP contribution in [0.3, 0.4) is 0 Å². The zero-order chi connectivity index (χ0) is 14.1. The van der Waals surface area contributed by atoms with Gasteiger partial charge in [-0.1, -0.05) is 30.3 Å². The first kappa shape index (κ1) is 12.4. The van der Waals surface area contributed by atoms with E-state index in [1.54, 1.807) is 6.20 Å². The topological polar surface area (TPSA) is 68.2 Å². The highest BCUT2D eigenvalue weighted by Crippen LogP contribution is 2.25. The lowest BCUT2D eigenvalue weighted by Crippen LogP contribution is -1.98. The van der Waals surface area contributed by atoms with Gasteiger partial charge in [-0.15, -0.1) is 0 Å². The first-order valence-corrected chi connectivity index (χ1v) is 6.33. The molecule has 0 amide bonds. The van der Waals surface area contributed by atoms with E-state index in [2.05, 4.69) is 0 Å². The van der Waals surface area contributed by atoms with Crippen LogP contribution in [0, 0.1) is 0 Å². The number of aromatic nitrogens is 1. The Morgan fingerprint density at radius 2 is 1.80 bits per heavy atom. The Morgan fingerprint density at radius 1 is 1.10 bits per heavy atom. The molecule has 20 heavy (non-hydrogen) atoms. The van der Waals surface area contributed by atoms with Crippen LogP contribution in [0.5, 0.6) is 0 Å². The summed E-state index contributed by atoms with van der Waals surface area (Å²) in [5.74, 6) is -0.918. The van der Waals surface area contributed by atoms with Crippen LogP contribution in [0.2, 0.25) is 0 Å². The molecule has 4 heteroatoms. The van der Waals surface area contributed by atoms with Gasteiger partial charge < -0.3 is 15.4 Å². The van der Waals surface area contributed by atoms with Crippen LogP contribution in [0.4, 0.5) is 0 Å². The Morgan fingerprint density at radius 3 is 2.45 bits per heavy atom. The van der Waals surface area contributed by atoms with Crippen molar-refractivity contribution in [3.05, 3.63) is 65.9 Å². The highest BCUT2D eigenvalue weighted by atomic mass is 16.4. The third-order valence-corrected chi connectivity index (χ3v) is 3.39. The number of carboxylic acids is 1. The van der Waals surface area contributed by atoms with Crippen molar-refractivity contribution in [1.82, 2.24) is 4.57 Å². The number of benzene rings is 2. The Kier molecular flexibility index (Phi) is 3.00. The van der Waals surface area contributed by atoms with Crippen LogP contribution in [0.1, 0.15) is 15.9 Å². The molecule has 0 saturated carbocycles. The monoisotopic (exact) mass is 266 g/mol. The van der Waals surface area contributed by atoms with E-state index in [-0.39, 0.29) is 0 Å². The molecular weight excluding hydrogens is 252 g/mol. The molecule has 0 aliphatic carbocycles.